The summed E-state index contributed by atoms with van der Waals surface area (Å²) in [7, 11) is 3.95. The Morgan fingerprint density at radius 2 is 2.07 bits per heavy atom. The van der Waals surface area contributed by atoms with E-state index in [9.17, 15) is 0 Å². The van der Waals surface area contributed by atoms with E-state index in [4.69, 9.17) is 9.73 Å². The first kappa shape index (κ1) is 24.0. The van der Waals surface area contributed by atoms with E-state index in [1.807, 2.05) is 29.5 Å². The van der Waals surface area contributed by atoms with Gasteiger partial charge in [0.05, 0.1) is 13.7 Å². The molecule has 2 N–H and O–H groups in total. The summed E-state index contributed by atoms with van der Waals surface area (Å²) in [6, 6.07) is 13.0. The standard InChI is InChI=1S/C22H32N4OS.HI/c1-4-23-22(24-15-17-9-5-6-11-19(17)27-3)25-16-18-10-7-13-26(2)21(18)20-12-8-14-28-20;/h5-6,8-9,11-12,14,18,21H,4,7,10,13,15-16H2,1-3H3,(H2,23,24,25);1H. The average molecular weight is 529 g/mol. The Morgan fingerprint density at radius 3 is 2.79 bits per heavy atom. The fourth-order valence-corrected chi connectivity index (χ4v) is 4.93. The molecule has 0 bridgehead atoms. The second-order valence-corrected chi connectivity index (χ2v) is 8.21. The number of aliphatic imine (C=N–C) groups is 1. The second kappa shape index (κ2) is 12.4. The van der Waals surface area contributed by atoms with E-state index >= 15 is 0 Å². The number of likely N-dealkylation sites (tertiary alicyclic amines) is 1. The van der Waals surface area contributed by atoms with E-state index in [-0.39, 0.29) is 24.0 Å². The van der Waals surface area contributed by atoms with E-state index in [1.54, 1.807) is 7.11 Å². The van der Waals surface area contributed by atoms with Gasteiger partial charge in [0.1, 0.15) is 5.75 Å². The minimum atomic E-state index is 0. The molecule has 2 atom stereocenters. The van der Waals surface area contributed by atoms with Crippen LogP contribution in [0.3, 0.4) is 0 Å². The molecule has 7 heteroatoms. The van der Waals surface area contributed by atoms with Crippen LogP contribution in [-0.4, -0.2) is 44.7 Å². The SMILES string of the molecule is CCNC(=NCc1ccccc1OC)NCC1CCCN(C)C1c1cccs1.I. The fraction of sp³-hybridized carbons (Fsp3) is 0.500. The zero-order valence-corrected chi connectivity index (χ0v) is 20.7. The number of rotatable bonds is 7. The van der Waals surface area contributed by atoms with Gasteiger partial charge in [-0.05, 0) is 56.8 Å². The smallest absolute Gasteiger partial charge is 0.191 e. The van der Waals surface area contributed by atoms with Gasteiger partial charge in [0.2, 0.25) is 0 Å². The Hall–Kier alpha value is -1.32. The van der Waals surface area contributed by atoms with E-state index in [0.29, 0.717) is 18.5 Å². The topological polar surface area (TPSA) is 48.9 Å². The number of methoxy groups -OCH3 is 1. The predicted molar refractivity (Wildman–Crippen MR) is 134 cm³/mol. The maximum atomic E-state index is 5.45. The summed E-state index contributed by atoms with van der Waals surface area (Å²) in [5.74, 6) is 2.33. The molecule has 2 aromatic rings. The molecule has 2 unspecified atom stereocenters. The molecule has 3 rings (SSSR count). The molecule has 0 amide bonds. The molecule has 0 saturated carbocycles. The maximum Gasteiger partial charge on any atom is 0.191 e. The van der Waals surface area contributed by atoms with Gasteiger partial charge in [0.15, 0.2) is 5.96 Å². The fourth-order valence-electron chi connectivity index (χ4n) is 3.95. The molecule has 0 spiro atoms. The first-order valence-electron chi connectivity index (χ1n) is 10.1. The summed E-state index contributed by atoms with van der Waals surface area (Å²) < 4.78 is 5.45. The number of guanidine groups is 1. The molecule has 1 aromatic heterocycles. The zero-order chi connectivity index (χ0) is 19.8. The number of nitrogens with one attached hydrogen (secondary N) is 2. The van der Waals surface area contributed by atoms with Gasteiger partial charge in [0, 0.05) is 29.6 Å². The van der Waals surface area contributed by atoms with Crippen LogP contribution >= 0.6 is 35.3 Å². The van der Waals surface area contributed by atoms with Crippen molar-refractivity contribution in [2.45, 2.75) is 32.4 Å². The third kappa shape index (κ3) is 6.58. The second-order valence-electron chi connectivity index (χ2n) is 7.23. The molecule has 2 heterocycles. The number of thiophene rings is 1. The normalized spacial score (nSPS) is 20.0. The largest absolute Gasteiger partial charge is 0.496 e. The van der Waals surface area contributed by atoms with Gasteiger partial charge in [0.25, 0.3) is 0 Å². The molecule has 1 aliphatic heterocycles. The number of piperidine rings is 1. The number of halogens is 1. The van der Waals surface area contributed by atoms with Crippen LogP contribution in [-0.2, 0) is 6.54 Å². The molecule has 1 aromatic carbocycles. The van der Waals surface area contributed by atoms with Crippen molar-refractivity contribution in [3.8, 4) is 5.75 Å². The van der Waals surface area contributed by atoms with Crippen LogP contribution in [0.4, 0.5) is 0 Å². The Kier molecular flexibility index (Phi) is 10.2. The van der Waals surface area contributed by atoms with E-state index < -0.39 is 0 Å². The highest BCUT2D eigenvalue weighted by Gasteiger charge is 2.31. The van der Waals surface area contributed by atoms with Crippen LogP contribution < -0.4 is 15.4 Å². The van der Waals surface area contributed by atoms with Crippen molar-refractivity contribution in [3.63, 3.8) is 0 Å². The maximum absolute atomic E-state index is 5.45. The summed E-state index contributed by atoms with van der Waals surface area (Å²) in [5.41, 5.74) is 1.09. The molecule has 0 aliphatic carbocycles. The molecule has 1 fully saturated rings. The summed E-state index contributed by atoms with van der Waals surface area (Å²) >= 11 is 1.86. The van der Waals surface area contributed by atoms with Crippen molar-refractivity contribution in [3.05, 3.63) is 52.2 Å². The van der Waals surface area contributed by atoms with Gasteiger partial charge in [-0.3, -0.25) is 4.90 Å². The van der Waals surface area contributed by atoms with Gasteiger partial charge < -0.3 is 15.4 Å². The molecule has 160 valence electrons. The van der Waals surface area contributed by atoms with Crippen molar-refractivity contribution in [2.75, 3.05) is 33.8 Å². The van der Waals surface area contributed by atoms with E-state index in [2.05, 4.69) is 53.1 Å². The van der Waals surface area contributed by atoms with Gasteiger partial charge in [-0.1, -0.05) is 24.3 Å². The van der Waals surface area contributed by atoms with Gasteiger partial charge in [-0.2, -0.15) is 0 Å². The first-order valence-corrected chi connectivity index (χ1v) is 11.0. The van der Waals surface area contributed by atoms with Crippen molar-refractivity contribution < 1.29 is 4.74 Å². The number of para-hydroxylation sites is 1. The lowest BCUT2D eigenvalue weighted by molar-refractivity contribution is 0.125. The minimum Gasteiger partial charge on any atom is -0.496 e. The van der Waals surface area contributed by atoms with E-state index in [1.165, 1.54) is 24.3 Å². The molecule has 1 saturated heterocycles. The highest BCUT2D eigenvalue weighted by molar-refractivity contribution is 14.0. The van der Waals surface area contributed by atoms with Crippen LogP contribution in [0.15, 0.2) is 46.8 Å². The number of ether oxygens (including phenoxy) is 1. The van der Waals surface area contributed by atoms with Crippen LogP contribution in [0.2, 0.25) is 0 Å². The predicted octanol–water partition coefficient (Wildman–Crippen LogP) is 4.51. The van der Waals surface area contributed by atoms with Crippen molar-refractivity contribution in [1.82, 2.24) is 15.5 Å². The Bertz CT molecular complexity index is 753. The third-order valence-electron chi connectivity index (χ3n) is 5.32. The number of benzene rings is 1. The highest BCUT2D eigenvalue weighted by Crippen LogP contribution is 2.36. The van der Waals surface area contributed by atoms with Crippen LogP contribution in [0, 0.1) is 5.92 Å². The van der Waals surface area contributed by atoms with Crippen LogP contribution in [0.25, 0.3) is 0 Å². The molecule has 5 nitrogen and oxygen atoms in total. The van der Waals surface area contributed by atoms with E-state index in [0.717, 1.165) is 30.4 Å². The molecule has 1 aliphatic rings. The summed E-state index contributed by atoms with van der Waals surface area (Å²) in [6.07, 6.45) is 2.49. The van der Waals surface area contributed by atoms with Crippen molar-refractivity contribution in [1.29, 1.82) is 0 Å². The molecular formula is C22H33IN4OS. The van der Waals surface area contributed by atoms with Gasteiger partial charge >= 0.3 is 0 Å². The Labute approximate surface area is 196 Å². The van der Waals surface area contributed by atoms with Gasteiger partial charge in [-0.25, -0.2) is 4.99 Å². The monoisotopic (exact) mass is 528 g/mol. The molecular weight excluding hydrogens is 495 g/mol. The lowest BCUT2D eigenvalue weighted by atomic mass is 9.88. The van der Waals surface area contributed by atoms with Crippen molar-refractivity contribution in [2.24, 2.45) is 10.9 Å². The summed E-state index contributed by atoms with van der Waals surface area (Å²) in [6.45, 7) is 5.63. The lowest BCUT2D eigenvalue weighted by Gasteiger charge is -2.39. The molecule has 29 heavy (non-hydrogen) atoms. The highest BCUT2D eigenvalue weighted by atomic mass is 127. The van der Waals surface area contributed by atoms with Crippen molar-refractivity contribution >= 4 is 41.3 Å². The quantitative estimate of drug-likeness (QED) is 0.316. The average Bonchev–Trinajstić information content (AvgIpc) is 3.24. The van der Waals surface area contributed by atoms with Gasteiger partial charge in [-0.15, -0.1) is 35.3 Å². The Balaban J connectivity index is 0.00000300. The Morgan fingerprint density at radius 1 is 1.24 bits per heavy atom. The summed E-state index contributed by atoms with van der Waals surface area (Å²) in [5, 5.41) is 9.15. The third-order valence-corrected chi connectivity index (χ3v) is 6.26. The summed E-state index contributed by atoms with van der Waals surface area (Å²) in [4.78, 5) is 8.75. The number of hydrogen-bond acceptors (Lipinski definition) is 4. The van der Waals surface area contributed by atoms with Crippen LogP contribution in [0.1, 0.15) is 36.2 Å². The van der Waals surface area contributed by atoms with Crippen LogP contribution in [0.5, 0.6) is 5.75 Å². The first-order chi connectivity index (χ1) is 13.7. The zero-order valence-electron chi connectivity index (χ0n) is 17.6. The lowest BCUT2D eigenvalue weighted by Crippen LogP contribution is -2.44. The minimum absolute atomic E-state index is 0. The number of hydrogen-bond donors (Lipinski definition) is 2. The number of nitrogens with zero attached hydrogens (tertiary/aromatic N) is 2. The molecule has 0 radical (unpaired) electrons.